The molecule has 2 N–H and O–H groups in total. The minimum atomic E-state index is -2.14. The van der Waals surface area contributed by atoms with Gasteiger partial charge in [-0.15, -0.1) is 0 Å². The van der Waals surface area contributed by atoms with Crippen molar-refractivity contribution in [3.8, 4) is 0 Å². The SMILES string of the molecule is CC1(C)OC2CC3C4CCC5=CC(=O)C=CC5(C)C4(F)[C@@H](O)CC3(C)C2(C(=O)COC(=O)n2cc(F)c(=O)[nH]c2=O)O1. The third-order valence-corrected chi connectivity index (χ3v) is 10.5. The molecule has 0 bridgehead atoms. The van der Waals surface area contributed by atoms with Gasteiger partial charge < -0.3 is 19.3 Å². The van der Waals surface area contributed by atoms with Crippen LogP contribution in [-0.2, 0) is 23.8 Å². The Labute approximate surface area is 238 Å². The molecule has 1 saturated heterocycles. The first-order valence-electron chi connectivity index (χ1n) is 13.9. The summed E-state index contributed by atoms with van der Waals surface area (Å²) in [5.74, 6) is -4.81. The molecule has 0 amide bonds. The first kappa shape index (κ1) is 28.8. The standard InChI is InChI=1S/C29H32F2N2O9/c1-25(2)41-21-10-17-16-6-5-14-9-15(34)7-8-26(14,3)28(16,31)19(35)11-27(17,4)29(21,42-25)20(36)13-40-24(39)33-12-18(30)22(37)32-23(33)38/h7-9,12,16-17,19,21,35H,5-6,10-11,13H2,1-4H3,(H,32,37,38)/t16?,17?,19-,21?,26?,27?,28?,29?/m0/s1. The van der Waals surface area contributed by atoms with Crippen molar-refractivity contribution in [3.05, 3.63) is 56.7 Å². The van der Waals surface area contributed by atoms with Gasteiger partial charge in [-0.05, 0) is 64.5 Å². The number of H-pyrrole nitrogens is 1. The second kappa shape index (κ2) is 8.87. The van der Waals surface area contributed by atoms with Gasteiger partial charge in [0, 0.05) is 16.7 Å². The fraction of sp³-hybridized carbons (Fsp3) is 0.621. The second-order valence-corrected chi connectivity index (χ2v) is 12.9. The molecule has 1 aromatic rings. The number of halogens is 2. The highest BCUT2D eigenvalue weighted by molar-refractivity contribution is 6.01. The molecule has 1 aliphatic heterocycles. The van der Waals surface area contributed by atoms with Gasteiger partial charge in [-0.1, -0.05) is 18.6 Å². The number of hydrogen-bond acceptors (Lipinski definition) is 9. The number of allylic oxidation sites excluding steroid dienone is 4. The van der Waals surface area contributed by atoms with Crippen LogP contribution in [-0.4, -0.2) is 68.2 Å². The van der Waals surface area contributed by atoms with Crippen molar-refractivity contribution in [2.75, 3.05) is 6.61 Å². The normalized spacial score (nSPS) is 41.3. The number of ketones is 2. The zero-order chi connectivity index (χ0) is 30.6. The number of nitrogens with one attached hydrogen (secondary N) is 1. The first-order valence-corrected chi connectivity index (χ1v) is 13.9. The van der Waals surface area contributed by atoms with E-state index in [1.807, 2.05) is 0 Å². The third-order valence-electron chi connectivity index (χ3n) is 10.5. The van der Waals surface area contributed by atoms with Gasteiger partial charge in [-0.2, -0.15) is 4.39 Å². The Balaban J connectivity index is 1.35. The summed E-state index contributed by atoms with van der Waals surface area (Å²) in [6.45, 7) is 5.78. The molecule has 0 aromatic carbocycles. The Bertz CT molecular complexity index is 1600. The van der Waals surface area contributed by atoms with Crippen LogP contribution >= 0.6 is 0 Å². The minimum absolute atomic E-state index is 0.185. The van der Waals surface area contributed by atoms with Crippen LogP contribution in [0.5, 0.6) is 0 Å². The number of carbonyl (C=O) groups is 3. The first-order chi connectivity index (χ1) is 19.5. The number of nitrogens with zero attached hydrogens (tertiary/aromatic N) is 1. The lowest BCUT2D eigenvalue weighted by Gasteiger charge is -2.62. The van der Waals surface area contributed by atoms with Gasteiger partial charge in [0.1, 0.15) is 0 Å². The Morgan fingerprint density at radius 2 is 1.90 bits per heavy atom. The predicted octanol–water partition coefficient (Wildman–Crippen LogP) is 2.10. The summed E-state index contributed by atoms with van der Waals surface area (Å²) in [6.07, 6.45) is 1.64. The van der Waals surface area contributed by atoms with Crippen LogP contribution in [0.1, 0.15) is 53.4 Å². The van der Waals surface area contributed by atoms with Gasteiger partial charge in [0.2, 0.25) is 11.6 Å². The van der Waals surface area contributed by atoms with E-state index in [9.17, 15) is 33.5 Å². The molecule has 4 fully saturated rings. The largest absolute Gasteiger partial charge is 0.441 e. The lowest BCUT2D eigenvalue weighted by molar-refractivity contribution is -0.246. The number of aliphatic hydroxyl groups is 1. The highest BCUT2D eigenvalue weighted by atomic mass is 19.1. The lowest BCUT2D eigenvalue weighted by Crippen LogP contribution is -2.70. The third kappa shape index (κ3) is 3.56. The van der Waals surface area contributed by atoms with Crippen molar-refractivity contribution in [2.24, 2.45) is 22.7 Å². The quantitative estimate of drug-likeness (QED) is 0.539. The van der Waals surface area contributed by atoms with E-state index in [1.165, 1.54) is 18.2 Å². The Morgan fingerprint density at radius 3 is 2.62 bits per heavy atom. The zero-order valence-electron chi connectivity index (χ0n) is 23.6. The van der Waals surface area contributed by atoms with Gasteiger partial charge in [0.15, 0.2) is 29.4 Å². The highest BCUT2D eigenvalue weighted by Crippen LogP contribution is 2.72. The number of carbonyl (C=O) groups excluding carboxylic acids is 3. The van der Waals surface area contributed by atoms with Crippen LogP contribution < -0.4 is 11.2 Å². The van der Waals surface area contributed by atoms with Crippen LogP contribution in [0.4, 0.5) is 13.6 Å². The van der Waals surface area contributed by atoms with Gasteiger partial charge in [0.25, 0.3) is 5.56 Å². The minimum Gasteiger partial charge on any atom is -0.441 e. The van der Waals surface area contributed by atoms with Crippen molar-refractivity contribution in [3.63, 3.8) is 0 Å². The molecular weight excluding hydrogens is 558 g/mol. The number of aromatic amines is 1. The van der Waals surface area contributed by atoms with E-state index >= 15 is 4.39 Å². The van der Waals surface area contributed by atoms with Crippen molar-refractivity contribution in [1.82, 2.24) is 9.55 Å². The number of hydrogen-bond donors (Lipinski definition) is 2. The van der Waals surface area contributed by atoms with Gasteiger partial charge in [-0.25, -0.2) is 18.5 Å². The van der Waals surface area contributed by atoms with E-state index in [0.29, 0.717) is 24.6 Å². The molecule has 7 unspecified atom stereocenters. The van der Waals surface area contributed by atoms with Crippen molar-refractivity contribution in [2.45, 2.75) is 82.6 Å². The van der Waals surface area contributed by atoms with Crippen molar-refractivity contribution < 1.29 is 42.5 Å². The number of aromatic nitrogens is 2. The Morgan fingerprint density at radius 1 is 1.19 bits per heavy atom. The molecule has 0 spiro atoms. The van der Waals surface area contributed by atoms with Crippen LogP contribution in [0.15, 0.2) is 39.6 Å². The van der Waals surface area contributed by atoms with Crippen LogP contribution in [0.3, 0.4) is 0 Å². The van der Waals surface area contributed by atoms with E-state index in [-0.39, 0.29) is 23.2 Å². The summed E-state index contributed by atoms with van der Waals surface area (Å²) in [6, 6.07) is 0. The van der Waals surface area contributed by atoms with Gasteiger partial charge >= 0.3 is 11.8 Å². The highest BCUT2D eigenvalue weighted by Gasteiger charge is 2.80. The molecule has 6 rings (SSSR count). The molecule has 226 valence electrons. The summed E-state index contributed by atoms with van der Waals surface area (Å²) in [4.78, 5) is 63.7. The average Bonchev–Trinajstić information content (AvgIpc) is 3.31. The van der Waals surface area contributed by atoms with E-state index in [0.717, 1.165) is 0 Å². The zero-order valence-corrected chi connectivity index (χ0v) is 23.6. The fourth-order valence-electron chi connectivity index (χ4n) is 8.70. The molecule has 2 heterocycles. The monoisotopic (exact) mass is 590 g/mol. The maximum Gasteiger partial charge on any atom is 0.422 e. The van der Waals surface area contributed by atoms with E-state index < -0.39 is 87.5 Å². The van der Waals surface area contributed by atoms with E-state index in [2.05, 4.69) is 0 Å². The molecule has 3 saturated carbocycles. The average molecular weight is 591 g/mol. The number of Topliss-reactive ketones (excluding diaryl/α,β-unsaturated/α-hetero) is 1. The van der Waals surface area contributed by atoms with Crippen LogP contribution in [0, 0.1) is 28.5 Å². The predicted molar refractivity (Wildman–Crippen MR) is 140 cm³/mol. The topological polar surface area (TPSA) is 154 Å². The molecule has 0 radical (unpaired) electrons. The maximum atomic E-state index is 17.5. The number of fused-ring (bicyclic) bond motifs is 7. The number of alkyl halides is 1. The van der Waals surface area contributed by atoms with Crippen LogP contribution in [0.2, 0.25) is 0 Å². The van der Waals surface area contributed by atoms with Gasteiger partial charge in [0.05, 0.1) is 18.4 Å². The molecule has 8 atom stereocenters. The summed E-state index contributed by atoms with van der Waals surface area (Å²) in [7, 11) is 0. The summed E-state index contributed by atoms with van der Waals surface area (Å²) in [5.41, 5.74) is -8.23. The van der Waals surface area contributed by atoms with Crippen molar-refractivity contribution >= 4 is 17.7 Å². The Kier molecular flexibility index (Phi) is 6.08. The van der Waals surface area contributed by atoms with E-state index in [1.54, 1.807) is 32.7 Å². The molecular formula is C29H32F2N2O9. The molecule has 5 aliphatic rings. The molecule has 1 aromatic heterocycles. The molecule has 4 aliphatic carbocycles. The fourth-order valence-corrected chi connectivity index (χ4v) is 8.70. The molecule has 11 nitrogen and oxygen atoms in total. The summed E-state index contributed by atoms with van der Waals surface area (Å²) >= 11 is 0. The smallest absolute Gasteiger partial charge is 0.422 e. The Hall–Kier alpha value is -3.29. The van der Waals surface area contributed by atoms with Crippen molar-refractivity contribution in [1.29, 1.82) is 0 Å². The number of ether oxygens (including phenoxy) is 3. The molecule has 13 heteroatoms. The van der Waals surface area contributed by atoms with E-state index in [4.69, 9.17) is 14.2 Å². The number of aliphatic hydroxyl groups excluding tert-OH is 1. The maximum absolute atomic E-state index is 17.5. The summed E-state index contributed by atoms with van der Waals surface area (Å²) in [5, 5.41) is 11.6. The summed E-state index contributed by atoms with van der Waals surface area (Å²) < 4.78 is 49.0. The van der Waals surface area contributed by atoms with Gasteiger partial charge in [-0.3, -0.25) is 19.4 Å². The van der Waals surface area contributed by atoms with Crippen LogP contribution in [0.25, 0.3) is 0 Å². The molecule has 42 heavy (non-hydrogen) atoms. The number of rotatable bonds is 3. The lowest BCUT2D eigenvalue weighted by atomic mass is 9.44. The second-order valence-electron chi connectivity index (χ2n) is 12.9.